The molecule has 8 heteroatoms. The van der Waals surface area contributed by atoms with Crippen molar-refractivity contribution in [1.29, 1.82) is 0 Å². The number of nitrogens with zero attached hydrogens (tertiary/aromatic N) is 4. The molecule has 1 N–H and O–H groups in total. The number of hydrogen-bond donors (Lipinski definition) is 1. The van der Waals surface area contributed by atoms with Gasteiger partial charge in [-0.15, -0.1) is 21.5 Å². The van der Waals surface area contributed by atoms with E-state index in [1.54, 1.807) is 0 Å². The summed E-state index contributed by atoms with van der Waals surface area (Å²) >= 11 is 7.43. The van der Waals surface area contributed by atoms with E-state index in [4.69, 9.17) is 11.6 Å². The average Bonchev–Trinajstić information content (AvgIpc) is 3.07. The van der Waals surface area contributed by atoms with Gasteiger partial charge in [-0.05, 0) is 25.0 Å². The van der Waals surface area contributed by atoms with Crippen molar-refractivity contribution in [2.24, 2.45) is 0 Å². The van der Waals surface area contributed by atoms with Gasteiger partial charge in [0.15, 0.2) is 11.6 Å². The van der Waals surface area contributed by atoms with Gasteiger partial charge >= 0.3 is 6.09 Å². The Labute approximate surface area is 123 Å². The van der Waals surface area contributed by atoms with E-state index in [0.717, 1.165) is 29.4 Å². The SMILES string of the molecule is O=C(O)N1[C@H]2CC[C@@H]1c1nnc(-c3ccc(Cl)s3)n1C2. The first-order chi connectivity index (χ1) is 9.65. The fourth-order valence-corrected chi connectivity index (χ4v) is 4.21. The molecular formula is C12H11ClN4O2S. The Morgan fingerprint density at radius 1 is 1.40 bits per heavy atom. The minimum atomic E-state index is -0.868. The molecule has 0 spiro atoms. The lowest BCUT2D eigenvalue weighted by atomic mass is 10.2. The van der Waals surface area contributed by atoms with Crippen LogP contribution in [0.25, 0.3) is 10.7 Å². The molecule has 2 bridgehead atoms. The molecule has 4 rings (SSSR count). The second-order valence-electron chi connectivity index (χ2n) is 5.03. The van der Waals surface area contributed by atoms with Crippen LogP contribution in [0.4, 0.5) is 4.79 Å². The molecule has 2 aromatic heterocycles. The van der Waals surface area contributed by atoms with Crippen LogP contribution in [-0.4, -0.2) is 36.9 Å². The lowest BCUT2D eigenvalue weighted by molar-refractivity contribution is 0.104. The van der Waals surface area contributed by atoms with Gasteiger partial charge < -0.3 is 9.67 Å². The number of halogens is 1. The maximum absolute atomic E-state index is 11.4. The maximum Gasteiger partial charge on any atom is 0.408 e. The van der Waals surface area contributed by atoms with Gasteiger partial charge in [-0.25, -0.2) is 4.79 Å². The van der Waals surface area contributed by atoms with Crippen molar-refractivity contribution in [3.8, 4) is 10.7 Å². The van der Waals surface area contributed by atoms with Gasteiger partial charge in [-0.1, -0.05) is 11.6 Å². The van der Waals surface area contributed by atoms with Crippen LogP contribution in [0.15, 0.2) is 12.1 Å². The van der Waals surface area contributed by atoms with E-state index in [-0.39, 0.29) is 12.1 Å². The van der Waals surface area contributed by atoms with Crippen molar-refractivity contribution in [3.05, 3.63) is 22.3 Å². The van der Waals surface area contributed by atoms with Gasteiger partial charge in [0.2, 0.25) is 0 Å². The zero-order valence-electron chi connectivity index (χ0n) is 10.4. The molecule has 2 atom stereocenters. The first-order valence-corrected chi connectivity index (χ1v) is 7.54. The van der Waals surface area contributed by atoms with Crippen LogP contribution in [-0.2, 0) is 6.54 Å². The highest BCUT2D eigenvalue weighted by molar-refractivity contribution is 7.19. The molecule has 4 heterocycles. The van der Waals surface area contributed by atoms with Gasteiger partial charge in [0.1, 0.15) is 0 Å². The molecule has 1 fully saturated rings. The molecule has 0 aliphatic carbocycles. The Balaban J connectivity index is 1.80. The molecule has 104 valence electrons. The van der Waals surface area contributed by atoms with E-state index in [2.05, 4.69) is 10.2 Å². The second kappa shape index (κ2) is 4.20. The molecule has 0 aromatic carbocycles. The predicted octanol–water partition coefficient (Wildman–Crippen LogP) is 2.86. The highest BCUT2D eigenvalue weighted by Crippen LogP contribution is 2.42. The van der Waals surface area contributed by atoms with Crippen LogP contribution < -0.4 is 0 Å². The Kier molecular flexibility index (Phi) is 2.55. The Morgan fingerprint density at radius 3 is 2.95 bits per heavy atom. The molecule has 1 amide bonds. The summed E-state index contributed by atoms with van der Waals surface area (Å²) < 4.78 is 2.76. The number of amides is 1. The van der Waals surface area contributed by atoms with Crippen molar-refractivity contribution in [2.45, 2.75) is 31.5 Å². The molecule has 2 aliphatic rings. The summed E-state index contributed by atoms with van der Waals surface area (Å²) in [7, 11) is 0. The van der Waals surface area contributed by atoms with Crippen LogP contribution >= 0.6 is 22.9 Å². The Bertz CT molecular complexity index is 697. The van der Waals surface area contributed by atoms with Crippen LogP contribution in [0.1, 0.15) is 24.7 Å². The third-order valence-electron chi connectivity index (χ3n) is 3.99. The first kappa shape index (κ1) is 12.2. The van der Waals surface area contributed by atoms with E-state index in [1.807, 2.05) is 16.7 Å². The molecule has 2 aromatic rings. The lowest BCUT2D eigenvalue weighted by Crippen LogP contribution is -2.43. The predicted molar refractivity (Wildman–Crippen MR) is 74.0 cm³/mol. The van der Waals surface area contributed by atoms with Crippen LogP contribution in [0.3, 0.4) is 0 Å². The van der Waals surface area contributed by atoms with Crippen molar-refractivity contribution in [2.75, 3.05) is 0 Å². The second-order valence-corrected chi connectivity index (χ2v) is 6.75. The summed E-state index contributed by atoms with van der Waals surface area (Å²) in [6, 6.07) is 3.62. The van der Waals surface area contributed by atoms with Crippen molar-refractivity contribution >= 4 is 29.0 Å². The highest BCUT2D eigenvalue weighted by atomic mass is 35.5. The van der Waals surface area contributed by atoms with Gasteiger partial charge in [0, 0.05) is 6.54 Å². The van der Waals surface area contributed by atoms with Crippen molar-refractivity contribution in [1.82, 2.24) is 19.7 Å². The molecule has 1 saturated heterocycles. The van der Waals surface area contributed by atoms with Crippen LogP contribution in [0.2, 0.25) is 4.34 Å². The number of aromatic nitrogens is 3. The van der Waals surface area contributed by atoms with Gasteiger partial charge in [0.05, 0.1) is 21.3 Å². The minimum Gasteiger partial charge on any atom is -0.465 e. The summed E-state index contributed by atoms with van der Waals surface area (Å²) in [5, 5.41) is 17.8. The first-order valence-electron chi connectivity index (χ1n) is 6.35. The smallest absolute Gasteiger partial charge is 0.408 e. The molecule has 0 radical (unpaired) electrons. The number of fused-ring (bicyclic) bond motifs is 4. The van der Waals surface area contributed by atoms with E-state index in [9.17, 15) is 9.90 Å². The largest absolute Gasteiger partial charge is 0.465 e. The minimum absolute atomic E-state index is 0.0233. The summed E-state index contributed by atoms with van der Waals surface area (Å²) in [4.78, 5) is 13.9. The summed E-state index contributed by atoms with van der Waals surface area (Å²) in [5.74, 6) is 1.54. The standard InChI is InChI=1S/C12H11ClN4O2S/c13-9-4-3-8(20-9)11-15-14-10-7-2-1-6(5-16(10)11)17(7)12(18)19/h3-4,6-7H,1-2,5H2,(H,18,19)/t6-,7+/m0/s1. The summed E-state index contributed by atoms with van der Waals surface area (Å²) in [6.45, 7) is 0.621. The highest BCUT2D eigenvalue weighted by Gasteiger charge is 2.45. The van der Waals surface area contributed by atoms with E-state index in [1.165, 1.54) is 16.2 Å². The fourth-order valence-electron chi connectivity index (χ4n) is 3.17. The molecule has 20 heavy (non-hydrogen) atoms. The summed E-state index contributed by atoms with van der Waals surface area (Å²) in [5.41, 5.74) is 0. The van der Waals surface area contributed by atoms with Gasteiger partial charge in [-0.2, -0.15) is 0 Å². The Morgan fingerprint density at radius 2 is 2.25 bits per heavy atom. The maximum atomic E-state index is 11.4. The normalized spacial score (nSPS) is 23.9. The zero-order chi connectivity index (χ0) is 13.9. The van der Waals surface area contributed by atoms with Crippen molar-refractivity contribution in [3.63, 3.8) is 0 Å². The Hall–Kier alpha value is -1.60. The third-order valence-corrected chi connectivity index (χ3v) is 5.21. The van der Waals surface area contributed by atoms with E-state index in [0.29, 0.717) is 10.9 Å². The monoisotopic (exact) mass is 310 g/mol. The molecule has 0 unspecified atom stereocenters. The molecule has 2 aliphatic heterocycles. The molecule has 6 nitrogen and oxygen atoms in total. The number of thiophene rings is 1. The number of carbonyl (C=O) groups is 1. The van der Waals surface area contributed by atoms with E-state index >= 15 is 0 Å². The van der Waals surface area contributed by atoms with Crippen LogP contribution in [0.5, 0.6) is 0 Å². The summed E-state index contributed by atoms with van der Waals surface area (Å²) in [6.07, 6.45) is 0.832. The van der Waals surface area contributed by atoms with Crippen LogP contribution in [0, 0.1) is 0 Å². The number of hydrogen-bond acceptors (Lipinski definition) is 4. The molecular weight excluding hydrogens is 300 g/mol. The zero-order valence-corrected chi connectivity index (χ0v) is 11.9. The van der Waals surface area contributed by atoms with Gasteiger partial charge in [-0.3, -0.25) is 4.90 Å². The quantitative estimate of drug-likeness (QED) is 0.879. The average molecular weight is 311 g/mol. The topological polar surface area (TPSA) is 71.2 Å². The number of rotatable bonds is 1. The fraction of sp³-hybridized carbons (Fsp3) is 0.417. The van der Waals surface area contributed by atoms with Gasteiger partial charge in [0.25, 0.3) is 0 Å². The van der Waals surface area contributed by atoms with Crippen molar-refractivity contribution < 1.29 is 9.90 Å². The third kappa shape index (κ3) is 1.59. The van der Waals surface area contributed by atoms with E-state index < -0.39 is 6.09 Å². The molecule has 0 saturated carbocycles. The number of carboxylic acid groups (broad SMARTS) is 1. The lowest BCUT2D eigenvalue weighted by Gasteiger charge is -2.32.